The monoisotopic (exact) mass is 257 g/mol. The van der Waals surface area contributed by atoms with Crippen LogP contribution < -0.4 is 10.6 Å². The zero-order valence-corrected chi connectivity index (χ0v) is 11.1. The highest BCUT2D eigenvalue weighted by atomic mass is 16.4. The molecule has 2 amide bonds. The van der Waals surface area contributed by atoms with Crippen molar-refractivity contribution in [1.29, 1.82) is 0 Å². The number of hydrogen-bond acceptors (Lipinski definition) is 3. The molecule has 0 radical (unpaired) electrons. The van der Waals surface area contributed by atoms with Crippen LogP contribution in [0.15, 0.2) is 0 Å². The van der Waals surface area contributed by atoms with Crippen molar-refractivity contribution in [2.45, 2.75) is 32.2 Å². The fourth-order valence-corrected chi connectivity index (χ4v) is 1.74. The first-order valence-corrected chi connectivity index (χ1v) is 6.42. The van der Waals surface area contributed by atoms with E-state index in [1.54, 1.807) is 6.92 Å². The molecule has 6 nitrogen and oxygen atoms in total. The van der Waals surface area contributed by atoms with Crippen molar-refractivity contribution in [1.82, 2.24) is 15.5 Å². The first kappa shape index (κ1) is 14.8. The third-order valence-electron chi connectivity index (χ3n) is 3.05. The van der Waals surface area contributed by atoms with Crippen LogP contribution in [0.4, 0.5) is 4.79 Å². The van der Waals surface area contributed by atoms with Gasteiger partial charge in [-0.2, -0.15) is 0 Å². The normalized spacial score (nSPS) is 16.4. The van der Waals surface area contributed by atoms with Crippen LogP contribution in [-0.4, -0.2) is 54.7 Å². The number of rotatable bonds is 8. The van der Waals surface area contributed by atoms with E-state index in [0.717, 1.165) is 6.54 Å². The average molecular weight is 257 g/mol. The lowest BCUT2D eigenvalue weighted by Gasteiger charge is -2.16. The van der Waals surface area contributed by atoms with Gasteiger partial charge in [-0.15, -0.1) is 0 Å². The second-order valence-electron chi connectivity index (χ2n) is 5.05. The number of carboxylic acids is 1. The fourth-order valence-electron chi connectivity index (χ4n) is 1.74. The Kier molecular flexibility index (Phi) is 5.91. The van der Waals surface area contributed by atoms with E-state index < -0.39 is 5.97 Å². The third-order valence-corrected chi connectivity index (χ3v) is 3.05. The van der Waals surface area contributed by atoms with Gasteiger partial charge in [0.1, 0.15) is 0 Å². The molecule has 1 aliphatic rings. The van der Waals surface area contributed by atoms with E-state index in [0.29, 0.717) is 19.1 Å². The SMILES string of the molecule is CC(CNC(=O)NCCN(C)C1CC1)CC(=O)O. The second-order valence-corrected chi connectivity index (χ2v) is 5.05. The quantitative estimate of drug-likeness (QED) is 0.591. The Bertz CT molecular complexity index is 292. The van der Waals surface area contributed by atoms with Crippen molar-refractivity contribution in [2.24, 2.45) is 5.92 Å². The molecule has 3 N–H and O–H groups in total. The maximum atomic E-state index is 11.4. The van der Waals surface area contributed by atoms with Crippen molar-refractivity contribution in [3.05, 3.63) is 0 Å². The van der Waals surface area contributed by atoms with Crippen molar-refractivity contribution >= 4 is 12.0 Å². The van der Waals surface area contributed by atoms with Crippen LogP contribution in [0.25, 0.3) is 0 Å². The number of nitrogens with zero attached hydrogens (tertiary/aromatic N) is 1. The molecule has 1 rings (SSSR count). The number of carbonyl (C=O) groups is 2. The summed E-state index contributed by atoms with van der Waals surface area (Å²) in [6.07, 6.45) is 2.59. The van der Waals surface area contributed by atoms with Crippen LogP contribution in [0, 0.1) is 5.92 Å². The standard InChI is InChI=1S/C12H23N3O3/c1-9(7-11(16)17)8-14-12(18)13-5-6-15(2)10-3-4-10/h9-10H,3-8H2,1-2H3,(H,16,17)(H2,13,14,18). The van der Waals surface area contributed by atoms with Gasteiger partial charge in [0, 0.05) is 32.1 Å². The highest BCUT2D eigenvalue weighted by molar-refractivity contribution is 5.74. The molecule has 0 aromatic heterocycles. The first-order chi connectivity index (χ1) is 8.49. The molecule has 0 bridgehead atoms. The predicted molar refractivity (Wildman–Crippen MR) is 68.5 cm³/mol. The zero-order chi connectivity index (χ0) is 13.5. The Hall–Kier alpha value is -1.30. The highest BCUT2D eigenvalue weighted by Gasteiger charge is 2.25. The van der Waals surface area contributed by atoms with Crippen molar-refractivity contribution < 1.29 is 14.7 Å². The largest absolute Gasteiger partial charge is 0.481 e. The molecule has 0 heterocycles. The van der Waals surface area contributed by atoms with Gasteiger partial charge in [0.05, 0.1) is 0 Å². The summed E-state index contributed by atoms with van der Waals surface area (Å²) in [6.45, 7) is 3.65. The highest BCUT2D eigenvalue weighted by Crippen LogP contribution is 2.24. The number of amides is 2. The molecule has 1 unspecified atom stereocenters. The van der Waals surface area contributed by atoms with E-state index in [9.17, 15) is 9.59 Å². The number of hydrogen-bond donors (Lipinski definition) is 3. The molecule has 0 spiro atoms. The number of nitrogens with one attached hydrogen (secondary N) is 2. The minimum Gasteiger partial charge on any atom is -0.481 e. The van der Waals surface area contributed by atoms with Crippen LogP contribution in [0.3, 0.4) is 0 Å². The van der Waals surface area contributed by atoms with Gasteiger partial charge < -0.3 is 20.6 Å². The predicted octanol–water partition coefficient (Wildman–Crippen LogP) is 0.491. The molecule has 0 aliphatic heterocycles. The molecule has 1 atom stereocenters. The molecular weight excluding hydrogens is 234 g/mol. The summed E-state index contributed by atoms with van der Waals surface area (Å²) >= 11 is 0. The van der Waals surface area contributed by atoms with E-state index in [1.807, 2.05) is 0 Å². The van der Waals surface area contributed by atoms with E-state index in [2.05, 4.69) is 22.6 Å². The van der Waals surface area contributed by atoms with E-state index in [-0.39, 0.29) is 18.4 Å². The Morgan fingerprint density at radius 3 is 2.61 bits per heavy atom. The van der Waals surface area contributed by atoms with Gasteiger partial charge in [-0.25, -0.2) is 4.79 Å². The maximum absolute atomic E-state index is 11.4. The number of carboxylic acid groups (broad SMARTS) is 1. The number of likely N-dealkylation sites (N-methyl/N-ethyl adjacent to an activating group) is 1. The molecule has 1 aliphatic carbocycles. The lowest BCUT2D eigenvalue weighted by Crippen LogP contribution is -2.41. The van der Waals surface area contributed by atoms with Crippen molar-refractivity contribution in [3.63, 3.8) is 0 Å². The molecule has 1 fully saturated rings. The minimum atomic E-state index is -0.837. The van der Waals surface area contributed by atoms with Gasteiger partial charge in [-0.1, -0.05) is 6.92 Å². The Labute approximate surface area is 108 Å². The smallest absolute Gasteiger partial charge is 0.314 e. The fraction of sp³-hybridized carbons (Fsp3) is 0.833. The molecule has 0 aromatic rings. The maximum Gasteiger partial charge on any atom is 0.314 e. The van der Waals surface area contributed by atoms with Gasteiger partial charge in [-0.05, 0) is 25.8 Å². The molecule has 0 aromatic carbocycles. The summed E-state index contributed by atoms with van der Waals surface area (Å²) in [5.41, 5.74) is 0. The van der Waals surface area contributed by atoms with Gasteiger partial charge in [0.25, 0.3) is 0 Å². The number of aliphatic carboxylic acids is 1. The Morgan fingerprint density at radius 1 is 1.39 bits per heavy atom. The Balaban J connectivity index is 2.00. The Morgan fingerprint density at radius 2 is 2.06 bits per heavy atom. The van der Waals surface area contributed by atoms with E-state index in [1.165, 1.54) is 12.8 Å². The molecule has 104 valence electrons. The molecular formula is C12H23N3O3. The molecule has 6 heteroatoms. The van der Waals surface area contributed by atoms with Gasteiger partial charge >= 0.3 is 12.0 Å². The van der Waals surface area contributed by atoms with Crippen molar-refractivity contribution in [3.8, 4) is 0 Å². The summed E-state index contributed by atoms with van der Waals surface area (Å²) < 4.78 is 0. The van der Waals surface area contributed by atoms with Crippen LogP contribution in [-0.2, 0) is 4.79 Å². The van der Waals surface area contributed by atoms with E-state index >= 15 is 0 Å². The first-order valence-electron chi connectivity index (χ1n) is 6.42. The summed E-state index contributed by atoms with van der Waals surface area (Å²) in [7, 11) is 2.06. The number of carbonyl (C=O) groups excluding carboxylic acids is 1. The minimum absolute atomic E-state index is 0.0533. The lowest BCUT2D eigenvalue weighted by molar-refractivity contribution is -0.137. The van der Waals surface area contributed by atoms with Crippen LogP contribution in [0.2, 0.25) is 0 Å². The molecule has 1 saturated carbocycles. The zero-order valence-electron chi connectivity index (χ0n) is 11.1. The third kappa shape index (κ3) is 6.44. The summed E-state index contributed by atoms with van der Waals surface area (Å²) in [5.74, 6) is -0.891. The van der Waals surface area contributed by atoms with Crippen molar-refractivity contribution in [2.75, 3.05) is 26.7 Å². The average Bonchev–Trinajstić information content (AvgIpc) is 3.09. The molecule has 18 heavy (non-hydrogen) atoms. The topological polar surface area (TPSA) is 81.7 Å². The molecule has 0 saturated heterocycles. The van der Waals surface area contributed by atoms with Crippen LogP contribution >= 0.6 is 0 Å². The van der Waals surface area contributed by atoms with E-state index in [4.69, 9.17) is 5.11 Å². The lowest BCUT2D eigenvalue weighted by atomic mass is 10.1. The second kappa shape index (κ2) is 7.20. The van der Waals surface area contributed by atoms with Gasteiger partial charge in [-0.3, -0.25) is 4.79 Å². The summed E-state index contributed by atoms with van der Waals surface area (Å²) in [5, 5.41) is 14.0. The number of urea groups is 1. The summed E-state index contributed by atoms with van der Waals surface area (Å²) in [6, 6.07) is 0.474. The summed E-state index contributed by atoms with van der Waals surface area (Å²) in [4.78, 5) is 24.1. The van der Waals surface area contributed by atoms with Crippen LogP contribution in [0.1, 0.15) is 26.2 Å². The van der Waals surface area contributed by atoms with Gasteiger partial charge in [0.2, 0.25) is 0 Å². The van der Waals surface area contributed by atoms with Crippen LogP contribution in [0.5, 0.6) is 0 Å². The van der Waals surface area contributed by atoms with Gasteiger partial charge in [0.15, 0.2) is 0 Å².